The third kappa shape index (κ3) is 3.22. The lowest BCUT2D eigenvalue weighted by Crippen LogP contribution is -2.17. The summed E-state index contributed by atoms with van der Waals surface area (Å²) in [6, 6.07) is 0. The first-order valence-corrected chi connectivity index (χ1v) is 5.29. The van der Waals surface area contributed by atoms with Crippen LogP contribution >= 0.6 is 23.1 Å². The standard InChI is InChI=1S/C7H12N2S2/c1-6(5-8-2)11-7-9-3-4-10-7/h3-4,6,8H,5H2,1-2H3. The molecule has 0 amide bonds. The van der Waals surface area contributed by atoms with E-state index in [0.29, 0.717) is 5.25 Å². The Morgan fingerprint density at radius 1 is 1.82 bits per heavy atom. The first-order valence-electron chi connectivity index (χ1n) is 3.53. The number of nitrogens with zero attached hydrogens (tertiary/aromatic N) is 1. The van der Waals surface area contributed by atoms with E-state index in [4.69, 9.17) is 0 Å². The van der Waals surface area contributed by atoms with Crippen molar-refractivity contribution in [1.82, 2.24) is 10.3 Å². The molecule has 0 aliphatic heterocycles. The van der Waals surface area contributed by atoms with Gasteiger partial charge in [0.05, 0.1) is 0 Å². The van der Waals surface area contributed by atoms with Gasteiger partial charge in [-0.05, 0) is 7.05 Å². The van der Waals surface area contributed by atoms with Crippen LogP contribution in [-0.4, -0.2) is 23.8 Å². The zero-order valence-electron chi connectivity index (χ0n) is 6.70. The van der Waals surface area contributed by atoms with Crippen LogP contribution in [0, 0.1) is 0 Å². The second kappa shape index (κ2) is 4.74. The number of thioether (sulfide) groups is 1. The first kappa shape index (κ1) is 9.03. The summed E-state index contributed by atoms with van der Waals surface area (Å²) in [4.78, 5) is 4.19. The molecule has 1 rings (SSSR count). The summed E-state index contributed by atoms with van der Waals surface area (Å²) in [6.07, 6.45) is 1.85. The molecule has 1 N–H and O–H groups in total. The highest BCUT2D eigenvalue weighted by molar-refractivity contribution is 8.01. The largest absolute Gasteiger partial charge is 0.319 e. The maximum atomic E-state index is 4.19. The number of hydrogen-bond donors (Lipinski definition) is 1. The molecule has 0 aliphatic rings. The monoisotopic (exact) mass is 188 g/mol. The van der Waals surface area contributed by atoms with Gasteiger partial charge in [-0.2, -0.15) is 0 Å². The molecule has 0 saturated carbocycles. The van der Waals surface area contributed by atoms with E-state index >= 15 is 0 Å². The molecule has 4 heteroatoms. The second-order valence-electron chi connectivity index (χ2n) is 2.28. The van der Waals surface area contributed by atoms with Crippen molar-refractivity contribution in [3.63, 3.8) is 0 Å². The number of nitrogens with one attached hydrogen (secondary N) is 1. The van der Waals surface area contributed by atoms with Gasteiger partial charge < -0.3 is 5.32 Å². The van der Waals surface area contributed by atoms with Crippen molar-refractivity contribution in [3.05, 3.63) is 11.6 Å². The average molecular weight is 188 g/mol. The number of thiazole rings is 1. The molecular weight excluding hydrogens is 176 g/mol. The second-order valence-corrected chi connectivity index (χ2v) is 4.86. The zero-order chi connectivity index (χ0) is 8.10. The molecule has 11 heavy (non-hydrogen) atoms. The molecule has 0 aliphatic carbocycles. The predicted molar refractivity (Wildman–Crippen MR) is 51.4 cm³/mol. The Labute approximate surface area is 75.4 Å². The van der Waals surface area contributed by atoms with Crippen LogP contribution in [0.3, 0.4) is 0 Å². The number of hydrogen-bond acceptors (Lipinski definition) is 4. The van der Waals surface area contributed by atoms with Gasteiger partial charge in [-0.1, -0.05) is 18.7 Å². The molecule has 1 aromatic heterocycles. The molecule has 0 saturated heterocycles. The minimum atomic E-state index is 0.603. The number of rotatable bonds is 4. The third-order valence-corrected chi connectivity index (χ3v) is 3.22. The van der Waals surface area contributed by atoms with E-state index in [-0.39, 0.29) is 0 Å². The molecule has 2 nitrogen and oxygen atoms in total. The molecule has 1 unspecified atom stereocenters. The van der Waals surface area contributed by atoms with E-state index in [1.807, 2.05) is 30.4 Å². The van der Waals surface area contributed by atoms with Crippen LogP contribution in [0.2, 0.25) is 0 Å². The molecule has 0 bridgehead atoms. The van der Waals surface area contributed by atoms with Crippen molar-refractivity contribution in [3.8, 4) is 0 Å². The summed E-state index contributed by atoms with van der Waals surface area (Å²) in [7, 11) is 1.97. The fourth-order valence-electron chi connectivity index (χ4n) is 0.770. The van der Waals surface area contributed by atoms with E-state index in [9.17, 15) is 0 Å². The number of aromatic nitrogens is 1. The first-order chi connectivity index (χ1) is 5.33. The highest BCUT2D eigenvalue weighted by Crippen LogP contribution is 2.24. The summed E-state index contributed by atoms with van der Waals surface area (Å²) in [6.45, 7) is 3.23. The average Bonchev–Trinajstić information content (AvgIpc) is 2.40. The highest BCUT2D eigenvalue weighted by Gasteiger charge is 2.03. The Kier molecular flexibility index (Phi) is 3.90. The highest BCUT2D eigenvalue weighted by atomic mass is 32.2. The lowest BCUT2D eigenvalue weighted by molar-refractivity contribution is 0.785. The van der Waals surface area contributed by atoms with Gasteiger partial charge >= 0.3 is 0 Å². The van der Waals surface area contributed by atoms with Crippen molar-refractivity contribution in [1.29, 1.82) is 0 Å². The van der Waals surface area contributed by atoms with Gasteiger partial charge in [0.2, 0.25) is 0 Å². The summed E-state index contributed by atoms with van der Waals surface area (Å²) in [5.74, 6) is 0. The van der Waals surface area contributed by atoms with E-state index in [0.717, 1.165) is 10.9 Å². The molecule has 0 fully saturated rings. The Bertz CT molecular complexity index is 186. The topological polar surface area (TPSA) is 24.9 Å². The maximum absolute atomic E-state index is 4.19. The summed E-state index contributed by atoms with van der Waals surface area (Å²) in [5, 5.41) is 5.75. The summed E-state index contributed by atoms with van der Waals surface area (Å²) in [5.41, 5.74) is 0. The van der Waals surface area contributed by atoms with Crippen molar-refractivity contribution in [2.75, 3.05) is 13.6 Å². The van der Waals surface area contributed by atoms with Crippen LogP contribution in [-0.2, 0) is 0 Å². The van der Waals surface area contributed by atoms with Crippen LogP contribution in [0.5, 0.6) is 0 Å². The van der Waals surface area contributed by atoms with Crippen LogP contribution in [0.4, 0.5) is 0 Å². The van der Waals surface area contributed by atoms with Gasteiger partial charge in [-0.25, -0.2) is 4.98 Å². The fourth-order valence-corrected chi connectivity index (χ4v) is 2.73. The van der Waals surface area contributed by atoms with E-state index < -0.39 is 0 Å². The van der Waals surface area contributed by atoms with Gasteiger partial charge in [-0.15, -0.1) is 11.3 Å². The van der Waals surface area contributed by atoms with Crippen LogP contribution < -0.4 is 5.32 Å². The summed E-state index contributed by atoms with van der Waals surface area (Å²) < 4.78 is 1.16. The Balaban J connectivity index is 2.31. The van der Waals surface area contributed by atoms with E-state index in [1.54, 1.807) is 11.3 Å². The van der Waals surface area contributed by atoms with Crippen LogP contribution in [0.25, 0.3) is 0 Å². The van der Waals surface area contributed by atoms with Crippen LogP contribution in [0.15, 0.2) is 15.9 Å². The van der Waals surface area contributed by atoms with Crippen molar-refractivity contribution >= 4 is 23.1 Å². The SMILES string of the molecule is CNCC(C)Sc1nccs1. The minimum Gasteiger partial charge on any atom is -0.319 e. The van der Waals surface area contributed by atoms with Gasteiger partial charge in [0.1, 0.15) is 4.34 Å². The predicted octanol–water partition coefficient (Wildman–Crippen LogP) is 1.84. The van der Waals surface area contributed by atoms with Gasteiger partial charge in [0, 0.05) is 23.4 Å². The van der Waals surface area contributed by atoms with Crippen LogP contribution in [0.1, 0.15) is 6.92 Å². The molecule has 0 spiro atoms. The molecule has 1 heterocycles. The minimum absolute atomic E-state index is 0.603. The van der Waals surface area contributed by atoms with Crippen molar-refractivity contribution < 1.29 is 0 Å². The van der Waals surface area contributed by atoms with Crippen molar-refractivity contribution in [2.45, 2.75) is 16.5 Å². The normalized spacial score (nSPS) is 13.3. The lowest BCUT2D eigenvalue weighted by Gasteiger charge is -2.06. The van der Waals surface area contributed by atoms with E-state index in [2.05, 4.69) is 17.2 Å². The fraction of sp³-hybridized carbons (Fsp3) is 0.571. The molecular formula is C7H12N2S2. The molecule has 0 radical (unpaired) electrons. The van der Waals surface area contributed by atoms with Gasteiger partial charge in [0.15, 0.2) is 0 Å². The van der Waals surface area contributed by atoms with Gasteiger partial charge in [0.25, 0.3) is 0 Å². The molecule has 0 aromatic carbocycles. The quantitative estimate of drug-likeness (QED) is 0.730. The molecule has 1 atom stereocenters. The summed E-state index contributed by atoms with van der Waals surface area (Å²) >= 11 is 3.52. The zero-order valence-corrected chi connectivity index (χ0v) is 8.34. The Morgan fingerprint density at radius 3 is 3.18 bits per heavy atom. The Hall–Kier alpha value is -0.0600. The van der Waals surface area contributed by atoms with Gasteiger partial charge in [-0.3, -0.25) is 0 Å². The molecule has 62 valence electrons. The smallest absolute Gasteiger partial charge is 0.150 e. The van der Waals surface area contributed by atoms with E-state index in [1.165, 1.54) is 0 Å². The Morgan fingerprint density at radius 2 is 2.64 bits per heavy atom. The van der Waals surface area contributed by atoms with Crippen molar-refractivity contribution in [2.24, 2.45) is 0 Å². The third-order valence-electron chi connectivity index (χ3n) is 1.20. The molecule has 1 aromatic rings. The maximum Gasteiger partial charge on any atom is 0.150 e. The lowest BCUT2D eigenvalue weighted by atomic mass is 10.5.